The molecule has 2 aliphatic rings. The summed E-state index contributed by atoms with van der Waals surface area (Å²) in [5, 5.41) is 23.2. The number of nitrogens with one attached hydrogen (secondary N) is 2. The van der Waals surface area contributed by atoms with E-state index in [1.165, 1.54) is 0 Å². The minimum atomic E-state index is -0.860. The first-order valence-corrected chi connectivity index (χ1v) is 11.5. The number of hydrogen-bond acceptors (Lipinski definition) is 5. The Kier molecular flexibility index (Phi) is 7.12. The molecule has 0 radical (unpaired) electrons. The van der Waals surface area contributed by atoms with Gasteiger partial charge in [0.25, 0.3) is 0 Å². The van der Waals surface area contributed by atoms with Crippen molar-refractivity contribution in [3.05, 3.63) is 59.7 Å². The molecule has 3 atom stereocenters. The number of benzene rings is 2. The molecule has 8 heteroatoms. The van der Waals surface area contributed by atoms with Crippen LogP contribution in [0.2, 0.25) is 0 Å². The van der Waals surface area contributed by atoms with Crippen LogP contribution < -0.4 is 10.6 Å². The van der Waals surface area contributed by atoms with Gasteiger partial charge in [-0.1, -0.05) is 48.5 Å². The van der Waals surface area contributed by atoms with Gasteiger partial charge in [0.2, 0.25) is 5.91 Å². The number of carbonyl (C=O) groups is 3. The number of carboxylic acids is 1. The van der Waals surface area contributed by atoms with Gasteiger partial charge < -0.3 is 20.5 Å². The molecule has 1 saturated carbocycles. The lowest BCUT2D eigenvalue weighted by molar-refractivity contribution is -0.139. The molecule has 1 unspecified atom stereocenters. The van der Waals surface area contributed by atoms with Gasteiger partial charge >= 0.3 is 12.1 Å². The zero-order chi connectivity index (χ0) is 24.1. The van der Waals surface area contributed by atoms with Gasteiger partial charge in [-0.25, -0.2) is 4.79 Å². The second-order valence-electron chi connectivity index (χ2n) is 8.76. The summed E-state index contributed by atoms with van der Waals surface area (Å²) >= 11 is 0. The highest BCUT2D eigenvalue weighted by molar-refractivity contribution is 5.86. The Morgan fingerprint density at radius 3 is 2.32 bits per heavy atom. The summed E-state index contributed by atoms with van der Waals surface area (Å²) in [6.45, 7) is 0.381. The summed E-state index contributed by atoms with van der Waals surface area (Å²) in [6.07, 6.45) is 0.832. The second kappa shape index (κ2) is 10.4. The minimum absolute atomic E-state index is 0.0873. The first-order chi connectivity index (χ1) is 16.5. The van der Waals surface area contributed by atoms with Crippen LogP contribution in [-0.2, 0) is 14.3 Å². The number of unbranched alkanes of at least 4 members (excludes halogenated alkanes) is 1. The van der Waals surface area contributed by atoms with E-state index in [0.717, 1.165) is 22.3 Å². The predicted octanol–water partition coefficient (Wildman–Crippen LogP) is 3.42. The standard InChI is InChI=1S/C26H27N3O5/c27-12-6-5-11-23(24(30)28-14-16-13-21(16)25(31)32)29-26(33)34-15-22-19-9-3-1-7-17(19)18-8-2-4-10-20(18)22/h1-4,7-10,16,21-23H,5-6,11,13-15H2,(H,28,30)(H,29,33)(H,31,32)/t16-,21-,23?/m1/s1. The Labute approximate surface area is 197 Å². The molecule has 0 aromatic heterocycles. The molecule has 4 rings (SSSR count). The normalized spacial score (nSPS) is 18.7. The highest BCUT2D eigenvalue weighted by Gasteiger charge is 2.43. The number of aliphatic carboxylic acids is 1. The zero-order valence-corrected chi connectivity index (χ0v) is 18.7. The number of carbonyl (C=O) groups excluding carboxylic acids is 2. The fraction of sp³-hybridized carbons (Fsp3) is 0.385. The molecule has 3 N–H and O–H groups in total. The largest absolute Gasteiger partial charge is 0.481 e. The third-order valence-electron chi connectivity index (χ3n) is 6.51. The fourth-order valence-electron chi connectivity index (χ4n) is 4.57. The molecule has 34 heavy (non-hydrogen) atoms. The first-order valence-electron chi connectivity index (χ1n) is 11.5. The number of hydrogen-bond donors (Lipinski definition) is 3. The molecule has 0 bridgehead atoms. The highest BCUT2D eigenvalue weighted by Crippen LogP contribution is 2.44. The van der Waals surface area contributed by atoms with Crippen LogP contribution in [0.5, 0.6) is 0 Å². The first kappa shape index (κ1) is 23.3. The Bertz CT molecular complexity index is 1080. The molecule has 2 aliphatic carbocycles. The zero-order valence-electron chi connectivity index (χ0n) is 18.7. The Balaban J connectivity index is 1.35. The third-order valence-corrected chi connectivity index (χ3v) is 6.51. The molecule has 2 amide bonds. The van der Waals surface area contributed by atoms with E-state index in [1.54, 1.807) is 0 Å². The third kappa shape index (κ3) is 5.20. The Morgan fingerprint density at radius 2 is 1.74 bits per heavy atom. The predicted molar refractivity (Wildman–Crippen MR) is 124 cm³/mol. The number of ether oxygens (including phenoxy) is 1. The van der Waals surface area contributed by atoms with E-state index in [-0.39, 0.29) is 37.8 Å². The van der Waals surface area contributed by atoms with Gasteiger partial charge in [0.1, 0.15) is 12.6 Å². The minimum Gasteiger partial charge on any atom is -0.481 e. The molecule has 8 nitrogen and oxygen atoms in total. The molecular formula is C26H27N3O5. The van der Waals surface area contributed by atoms with Gasteiger partial charge in [-0.15, -0.1) is 0 Å². The topological polar surface area (TPSA) is 129 Å². The average Bonchev–Trinajstić information content (AvgIpc) is 3.56. The lowest BCUT2D eigenvalue weighted by Gasteiger charge is -2.19. The molecule has 2 aromatic rings. The van der Waals surface area contributed by atoms with Crippen LogP contribution in [0.15, 0.2) is 48.5 Å². The van der Waals surface area contributed by atoms with Crippen molar-refractivity contribution in [1.82, 2.24) is 10.6 Å². The van der Waals surface area contributed by atoms with Crippen molar-refractivity contribution in [2.75, 3.05) is 13.2 Å². The molecule has 1 fully saturated rings. The molecule has 0 aliphatic heterocycles. The van der Waals surface area contributed by atoms with Crippen LogP contribution in [0.25, 0.3) is 11.1 Å². The molecule has 2 aromatic carbocycles. The van der Waals surface area contributed by atoms with Crippen LogP contribution in [0.4, 0.5) is 4.79 Å². The Hall–Kier alpha value is -3.86. The summed E-state index contributed by atoms with van der Waals surface area (Å²) in [7, 11) is 0. The number of nitriles is 1. The molecule has 0 heterocycles. The molecule has 176 valence electrons. The number of rotatable bonds is 10. The summed E-state index contributed by atoms with van der Waals surface area (Å²) < 4.78 is 5.54. The van der Waals surface area contributed by atoms with Gasteiger partial charge in [-0.2, -0.15) is 5.26 Å². The van der Waals surface area contributed by atoms with Gasteiger partial charge in [0.15, 0.2) is 0 Å². The molecule has 0 saturated heterocycles. The number of nitrogens with zero attached hydrogens (tertiary/aromatic N) is 1. The van der Waals surface area contributed by atoms with E-state index in [4.69, 9.17) is 15.1 Å². The van der Waals surface area contributed by atoms with Gasteiger partial charge in [-0.3, -0.25) is 9.59 Å². The van der Waals surface area contributed by atoms with Crippen molar-refractivity contribution in [2.24, 2.45) is 11.8 Å². The second-order valence-corrected chi connectivity index (χ2v) is 8.76. The SMILES string of the molecule is N#CCCCC(NC(=O)OCC1c2ccccc2-c2ccccc21)C(=O)NC[C@H]1C[C@H]1C(=O)O. The van der Waals surface area contributed by atoms with Crippen LogP contribution in [0.3, 0.4) is 0 Å². The van der Waals surface area contributed by atoms with Crippen molar-refractivity contribution in [2.45, 2.75) is 37.6 Å². The van der Waals surface area contributed by atoms with Crippen molar-refractivity contribution < 1.29 is 24.2 Å². The van der Waals surface area contributed by atoms with Crippen LogP contribution in [0.1, 0.15) is 42.7 Å². The molecule has 0 spiro atoms. The maximum Gasteiger partial charge on any atom is 0.407 e. The van der Waals surface area contributed by atoms with Gasteiger partial charge in [-0.05, 0) is 47.4 Å². The fourth-order valence-corrected chi connectivity index (χ4v) is 4.57. The number of carboxylic acid groups (broad SMARTS) is 1. The summed E-state index contributed by atoms with van der Waals surface area (Å²) in [5.74, 6) is -1.86. The average molecular weight is 462 g/mol. The van der Waals surface area contributed by atoms with Crippen molar-refractivity contribution in [3.8, 4) is 17.2 Å². The van der Waals surface area contributed by atoms with E-state index in [9.17, 15) is 14.4 Å². The van der Waals surface area contributed by atoms with Crippen molar-refractivity contribution in [3.63, 3.8) is 0 Å². The van der Waals surface area contributed by atoms with Crippen molar-refractivity contribution >= 4 is 18.0 Å². The Morgan fingerprint density at radius 1 is 1.09 bits per heavy atom. The summed E-state index contributed by atoms with van der Waals surface area (Å²) in [5.41, 5.74) is 4.44. The summed E-state index contributed by atoms with van der Waals surface area (Å²) in [4.78, 5) is 36.3. The number of fused-ring (bicyclic) bond motifs is 3. The lowest BCUT2D eigenvalue weighted by atomic mass is 9.98. The lowest BCUT2D eigenvalue weighted by Crippen LogP contribution is -2.47. The maximum atomic E-state index is 12.7. The quantitative estimate of drug-likeness (QED) is 0.465. The van der Waals surface area contributed by atoms with Crippen LogP contribution in [-0.4, -0.2) is 42.3 Å². The monoisotopic (exact) mass is 461 g/mol. The van der Waals surface area contributed by atoms with Gasteiger partial charge in [0.05, 0.1) is 12.0 Å². The number of amides is 2. The molecular weight excluding hydrogens is 434 g/mol. The number of alkyl carbamates (subject to hydrolysis) is 1. The highest BCUT2D eigenvalue weighted by atomic mass is 16.5. The van der Waals surface area contributed by atoms with E-state index in [0.29, 0.717) is 12.8 Å². The van der Waals surface area contributed by atoms with E-state index in [2.05, 4.69) is 22.8 Å². The maximum absolute atomic E-state index is 12.7. The smallest absolute Gasteiger partial charge is 0.407 e. The van der Waals surface area contributed by atoms with Crippen LogP contribution >= 0.6 is 0 Å². The summed E-state index contributed by atoms with van der Waals surface area (Å²) in [6, 6.07) is 17.2. The van der Waals surface area contributed by atoms with Crippen LogP contribution in [0, 0.1) is 23.2 Å². The van der Waals surface area contributed by atoms with E-state index in [1.807, 2.05) is 42.5 Å². The van der Waals surface area contributed by atoms with Gasteiger partial charge in [0, 0.05) is 18.9 Å². The van der Waals surface area contributed by atoms with E-state index >= 15 is 0 Å². The van der Waals surface area contributed by atoms with E-state index < -0.39 is 29.9 Å². The van der Waals surface area contributed by atoms with Crippen molar-refractivity contribution in [1.29, 1.82) is 5.26 Å².